The minimum atomic E-state index is 1.19. The lowest BCUT2D eigenvalue weighted by Crippen LogP contribution is -1.88. The van der Waals surface area contributed by atoms with Gasteiger partial charge >= 0.3 is 0 Å². The van der Waals surface area contributed by atoms with Gasteiger partial charge in [-0.05, 0) is 12.1 Å². The Labute approximate surface area is 65.8 Å². The Kier molecular flexibility index (Phi) is 2.63. The smallest absolute Gasteiger partial charge is 0.154 e. The van der Waals surface area contributed by atoms with Gasteiger partial charge in [0.05, 0.1) is 0 Å². The number of anilines is 1. The third-order valence-electron chi connectivity index (χ3n) is 1.39. The standard InChI is InChI=1S/C8H11NS/c1-9-7-4-3-5-8(6-7)10-2/h3-6,9H,1-2H3/p+1. The highest BCUT2D eigenvalue weighted by Crippen LogP contribution is 2.10. The quantitative estimate of drug-likeness (QED) is 0.503. The first-order chi connectivity index (χ1) is 4.86. The summed E-state index contributed by atoms with van der Waals surface area (Å²) in [5.74, 6) is 0. The Balaban J connectivity index is 2.87. The van der Waals surface area contributed by atoms with E-state index >= 15 is 0 Å². The highest BCUT2D eigenvalue weighted by atomic mass is 32.2. The topological polar surface area (TPSA) is 12.0 Å². The summed E-state index contributed by atoms with van der Waals surface area (Å²) >= 11 is 1.32. The highest BCUT2D eigenvalue weighted by molar-refractivity contribution is 7.77. The molecule has 0 aliphatic rings. The van der Waals surface area contributed by atoms with Gasteiger partial charge in [-0.25, -0.2) is 0 Å². The van der Waals surface area contributed by atoms with Crippen LogP contribution in [0.2, 0.25) is 0 Å². The Morgan fingerprint density at radius 1 is 1.40 bits per heavy atom. The second-order valence-electron chi connectivity index (χ2n) is 2.02. The molecule has 0 aliphatic heterocycles. The molecule has 0 fully saturated rings. The molecule has 0 saturated heterocycles. The first kappa shape index (κ1) is 7.48. The predicted octanol–water partition coefficient (Wildman–Crippen LogP) is 1.53. The summed E-state index contributed by atoms with van der Waals surface area (Å²) in [6.45, 7) is 0. The average molecular weight is 154 g/mol. The molecule has 0 spiro atoms. The molecule has 2 heteroatoms. The molecule has 1 nitrogen and oxygen atoms in total. The fourth-order valence-electron chi connectivity index (χ4n) is 0.801. The van der Waals surface area contributed by atoms with Gasteiger partial charge in [-0.2, -0.15) is 0 Å². The first-order valence-corrected chi connectivity index (χ1v) is 4.58. The van der Waals surface area contributed by atoms with E-state index < -0.39 is 0 Å². The summed E-state index contributed by atoms with van der Waals surface area (Å²) < 4.78 is 0. The van der Waals surface area contributed by atoms with E-state index in [0.29, 0.717) is 0 Å². The molecule has 0 aliphatic carbocycles. The molecule has 0 bridgehead atoms. The van der Waals surface area contributed by atoms with Gasteiger partial charge in [0.1, 0.15) is 6.26 Å². The molecule has 0 radical (unpaired) electrons. The van der Waals surface area contributed by atoms with Crippen molar-refractivity contribution >= 4 is 17.4 Å². The van der Waals surface area contributed by atoms with Crippen LogP contribution in [0, 0.1) is 0 Å². The van der Waals surface area contributed by atoms with Crippen LogP contribution in [0.3, 0.4) is 0 Å². The number of benzene rings is 1. The maximum atomic E-state index is 3.10. The van der Waals surface area contributed by atoms with Gasteiger partial charge in [-0.1, -0.05) is 6.07 Å². The van der Waals surface area contributed by atoms with Gasteiger partial charge in [-0.3, -0.25) is 0 Å². The second kappa shape index (κ2) is 3.52. The minimum Gasteiger partial charge on any atom is -0.388 e. The van der Waals surface area contributed by atoms with Gasteiger partial charge in [-0.15, -0.1) is 0 Å². The van der Waals surface area contributed by atoms with E-state index in [1.165, 1.54) is 22.3 Å². The molecule has 0 atom stereocenters. The molecule has 1 aromatic carbocycles. The zero-order valence-electron chi connectivity index (χ0n) is 6.26. The summed E-state index contributed by atoms with van der Waals surface area (Å²) in [7, 11) is 1.94. The van der Waals surface area contributed by atoms with E-state index in [1.807, 2.05) is 7.05 Å². The first-order valence-electron chi connectivity index (χ1n) is 3.24. The van der Waals surface area contributed by atoms with E-state index in [2.05, 4.69) is 35.8 Å². The molecule has 0 saturated carbocycles. The highest BCUT2D eigenvalue weighted by Gasteiger charge is 1.96. The zero-order valence-corrected chi connectivity index (χ0v) is 7.15. The fraction of sp³-hybridized carbons (Fsp3) is 0.250. The fourth-order valence-corrected chi connectivity index (χ4v) is 1.30. The number of rotatable bonds is 2. The van der Waals surface area contributed by atoms with Crippen LogP contribution in [-0.4, -0.2) is 13.3 Å². The van der Waals surface area contributed by atoms with Crippen molar-refractivity contribution in [3.63, 3.8) is 0 Å². The number of hydrogen-bond acceptors (Lipinski definition) is 1. The second-order valence-corrected chi connectivity index (χ2v) is 2.99. The molecule has 1 N–H and O–H groups in total. The van der Waals surface area contributed by atoms with Crippen LogP contribution in [0.15, 0.2) is 29.2 Å². The van der Waals surface area contributed by atoms with Crippen LogP contribution >= 0.6 is 0 Å². The summed E-state index contributed by atoms with van der Waals surface area (Å²) in [6, 6.07) is 8.41. The third-order valence-corrected chi connectivity index (χ3v) is 2.19. The molecule has 0 heterocycles. The van der Waals surface area contributed by atoms with Gasteiger partial charge in [0, 0.05) is 30.6 Å². The van der Waals surface area contributed by atoms with Crippen molar-refractivity contribution in [1.29, 1.82) is 0 Å². The van der Waals surface area contributed by atoms with E-state index in [0.717, 1.165) is 0 Å². The van der Waals surface area contributed by atoms with Crippen LogP contribution in [-0.2, 0) is 11.8 Å². The molecule has 0 amide bonds. The van der Waals surface area contributed by atoms with Crippen LogP contribution < -0.4 is 5.32 Å². The van der Waals surface area contributed by atoms with E-state index in [1.54, 1.807) is 0 Å². The van der Waals surface area contributed by atoms with Crippen LogP contribution in [0.5, 0.6) is 0 Å². The lowest BCUT2D eigenvalue weighted by molar-refractivity contribution is 1.41. The van der Waals surface area contributed by atoms with Crippen LogP contribution in [0.1, 0.15) is 0 Å². The lowest BCUT2D eigenvalue weighted by atomic mass is 10.3. The van der Waals surface area contributed by atoms with Gasteiger partial charge in [0.2, 0.25) is 0 Å². The molecule has 0 unspecified atom stereocenters. The van der Waals surface area contributed by atoms with Crippen LogP contribution in [0.25, 0.3) is 0 Å². The Bertz CT molecular complexity index is 191. The van der Waals surface area contributed by atoms with Crippen molar-refractivity contribution < 1.29 is 0 Å². The Morgan fingerprint density at radius 3 is 2.80 bits per heavy atom. The molecule has 1 rings (SSSR count). The van der Waals surface area contributed by atoms with E-state index in [9.17, 15) is 0 Å². The number of thiol groups is 1. The van der Waals surface area contributed by atoms with Gasteiger partial charge in [0.15, 0.2) is 4.90 Å². The zero-order chi connectivity index (χ0) is 7.40. The minimum absolute atomic E-state index is 1.19. The van der Waals surface area contributed by atoms with Gasteiger partial charge < -0.3 is 5.32 Å². The number of nitrogens with one attached hydrogen (secondary N) is 1. The van der Waals surface area contributed by atoms with E-state index in [-0.39, 0.29) is 0 Å². The summed E-state index contributed by atoms with van der Waals surface area (Å²) in [5.41, 5.74) is 1.19. The SMILES string of the molecule is CNc1cccc([SH+]C)c1. The lowest BCUT2D eigenvalue weighted by Gasteiger charge is -1.96. The normalized spacial score (nSPS) is 9.40. The monoisotopic (exact) mass is 154 g/mol. The molecule has 54 valence electrons. The summed E-state index contributed by atoms with van der Waals surface area (Å²) in [6.07, 6.45) is 2.13. The van der Waals surface area contributed by atoms with Crippen molar-refractivity contribution in [2.75, 3.05) is 18.6 Å². The van der Waals surface area contributed by atoms with E-state index in [4.69, 9.17) is 0 Å². The molecular formula is C8H12NS+. The third kappa shape index (κ3) is 1.67. The molecule has 1 aromatic rings. The van der Waals surface area contributed by atoms with Crippen molar-refractivity contribution in [2.24, 2.45) is 0 Å². The number of hydrogen-bond donors (Lipinski definition) is 1. The van der Waals surface area contributed by atoms with Crippen LogP contribution in [0.4, 0.5) is 5.69 Å². The van der Waals surface area contributed by atoms with Crippen molar-refractivity contribution in [3.8, 4) is 0 Å². The Hall–Kier alpha value is -0.630. The largest absolute Gasteiger partial charge is 0.388 e. The average Bonchev–Trinajstić information content (AvgIpc) is 2.05. The predicted molar refractivity (Wildman–Crippen MR) is 48.9 cm³/mol. The van der Waals surface area contributed by atoms with Gasteiger partial charge in [0.25, 0.3) is 0 Å². The molecule has 0 aromatic heterocycles. The Morgan fingerprint density at radius 2 is 2.20 bits per heavy atom. The molecule has 10 heavy (non-hydrogen) atoms. The summed E-state index contributed by atoms with van der Waals surface area (Å²) in [4.78, 5) is 1.35. The molecular weight excluding hydrogens is 142 g/mol. The maximum Gasteiger partial charge on any atom is 0.154 e. The van der Waals surface area contributed by atoms with Crippen molar-refractivity contribution in [1.82, 2.24) is 0 Å². The summed E-state index contributed by atoms with van der Waals surface area (Å²) in [5, 5.41) is 3.10. The van der Waals surface area contributed by atoms with Crippen molar-refractivity contribution in [2.45, 2.75) is 4.90 Å². The van der Waals surface area contributed by atoms with Crippen molar-refractivity contribution in [3.05, 3.63) is 24.3 Å². The maximum absolute atomic E-state index is 3.10.